The van der Waals surface area contributed by atoms with Crippen LogP contribution in [0.25, 0.3) is 5.69 Å². The van der Waals surface area contributed by atoms with Crippen LogP contribution in [0.4, 0.5) is 5.69 Å². The molecule has 1 aliphatic heterocycles. The highest BCUT2D eigenvalue weighted by molar-refractivity contribution is 6.33. The lowest BCUT2D eigenvalue weighted by Crippen LogP contribution is -2.36. The Morgan fingerprint density at radius 1 is 1.06 bits per heavy atom. The average Bonchev–Trinajstić information content (AvgIpc) is 2.93. The molecule has 3 rings (SSSR count). The number of hydrogen-bond donors (Lipinski definition) is 0. The van der Waals surface area contributed by atoms with Gasteiger partial charge < -0.3 is 14.2 Å². The molecule has 0 amide bonds. The van der Waals surface area contributed by atoms with Crippen LogP contribution in [-0.4, -0.2) is 30.9 Å². The van der Waals surface area contributed by atoms with Gasteiger partial charge in [0, 0.05) is 31.2 Å². The van der Waals surface area contributed by atoms with Crippen molar-refractivity contribution in [3.05, 3.63) is 47.7 Å². The molecule has 0 aliphatic carbocycles. The number of halogens is 1. The predicted octanol–water partition coefficient (Wildman–Crippen LogP) is 2.97. The maximum Gasteiger partial charge on any atom is 0.0660 e. The number of benzene rings is 1. The van der Waals surface area contributed by atoms with Crippen LogP contribution in [-0.2, 0) is 4.74 Å². The summed E-state index contributed by atoms with van der Waals surface area (Å²) in [6.07, 6.45) is 4.03. The molecule has 1 aromatic carbocycles. The zero-order chi connectivity index (χ0) is 12.4. The molecule has 0 atom stereocenters. The van der Waals surface area contributed by atoms with Gasteiger partial charge in [-0.05, 0) is 30.3 Å². The predicted molar refractivity (Wildman–Crippen MR) is 73.8 cm³/mol. The lowest BCUT2D eigenvalue weighted by atomic mass is 10.2. The molecule has 1 aliphatic rings. The fraction of sp³-hybridized carbons (Fsp3) is 0.286. The number of ether oxygens (including phenoxy) is 1. The average molecular weight is 263 g/mol. The van der Waals surface area contributed by atoms with Crippen molar-refractivity contribution in [1.29, 1.82) is 0 Å². The summed E-state index contributed by atoms with van der Waals surface area (Å²) in [5.41, 5.74) is 2.18. The highest BCUT2D eigenvalue weighted by atomic mass is 35.5. The Morgan fingerprint density at radius 2 is 1.78 bits per heavy atom. The minimum Gasteiger partial charge on any atom is -0.378 e. The van der Waals surface area contributed by atoms with Crippen molar-refractivity contribution in [2.24, 2.45) is 0 Å². The Balaban J connectivity index is 1.89. The number of rotatable bonds is 2. The first-order chi connectivity index (χ1) is 8.84. The SMILES string of the molecule is Clc1cc(-n2cccc2)ccc1N1CCOCC1. The van der Waals surface area contributed by atoms with Crippen LogP contribution in [0.5, 0.6) is 0 Å². The summed E-state index contributed by atoms with van der Waals surface area (Å²) in [6, 6.07) is 10.2. The lowest BCUT2D eigenvalue weighted by Gasteiger charge is -2.29. The van der Waals surface area contributed by atoms with E-state index in [0.29, 0.717) is 0 Å². The number of aromatic nitrogens is 1. The van der Waals surface area contributed by atoms with E-state index in [9.17, 15) is 0 Å². The largest absolute Gasteiger partial charge is 0.378 e. The Hall–Kier alpha value is -1.45. The first kappa shape index (κ1) is 11.6. The van der Waals surface area contributed by atoms with Gasteiger partial charge in [0.15, 0.2) is 0 Å². The van der Waals surface area contributed by atoms with E-state index < -0.39 is 0 Å². The van der Waals surface area contributed by atoms with E-state index in [1.54, 1.807) is 0 Å². The smallest absolute Gasteiger partial charge is 0.0660 e. The maximum absolute atomic E-state index is 6.38. The van der Waals surface area contributed by atoms with Gasteiger partial charge in [-0.15, -0.1) is 0 Å². The van der Waals surface area contributed by atoms with Gasteiger partial charge in [-0.2, -0.15) is 0 Å². The lowest BCUT2D eigenvalue weighted by molar-refractivity contribution is 0.122. The summed E-state index contributed by atoms with van der Waals surface area (Å²) in [7, 11) is 0. The molecular weight excluding hydrogens is 248 g/mol. The molecule has 3 nitrogen and oxygen atoms in total. The molecule has 1 fully saturated rings. The van der Waals surface area contributed by atoms with Gasteiger partial charge >= 0.3 is 0 Å². The van der Waals surface area contributed by atoms with Gasteiger partial charge in [-0.3, -0.25) is 0 Å². The molecule has 0 N–H and O–H groups in total. The van der Waals surface area contributed by atoms with Crippen molar-refractivity contribution in [2.45, 2.75) is 0 Å². The molecule has 0 radical (unpaired) electrons. The van der Waals surface area contributed by atoms with E-state index >= 15 is 0 Å². The van der Waals surface area contributed by atoms with E-state index in [-0.39, 0.29) is 0 Å². The first-order valence-electron chi connectivity index (χ1n) is 6.10. The van der Waals surface area contributed by atoms with Crippen LogP contribution in [0.2, 0.25) is 5.02 Å². The molecule has 1 aromatic heterocycles. The van der Waals surface area contributed by atoms with Gasteiger partial charge in [0.25, 0.3) is 0 Å². The monoisotopic (exact) mass is 262 g/mol. The molecule has 0 saturated carbocycles. The van der Waals surface area contributed by atoms with Crippen LogP contribution < -0.4 is 4.90 Å². The van der Waals surface area contributed by atoms with Crippen molar-refractivity contribution in [3.8, 4) is 5.69 Å². The molecule has 0 unspecified atom stereocenters. The minimum atomic E-state index is 0.773. The van der Waals surface area contributed by atoms with Crippen LogP contribution in [0.1, 0.15) is 0 Å². The zero-order valence-corrected chi connectivity index (χ0v) is 10.8. The molecule has 0 spiro atoms. The van der Waals surface area contributed by atoms with Crippen LogP contribution in [0.3, 0.4) is 0 Å². The summed E-state index contributed by atoms with van der Waals surface area (Å²) in [5, 5.41) is 0.795. The van der Waals surface area contributed by atoms with Crippen molar-refractivity contribution in [2.75, 3.05) is 31.2 Å². The van der Waals surface area contributed by atoms with Crippen molar-refractivity contribution >= 4 is 17.3 Å². The van der Waals surface area contributed by atoms with Crippen LogP contribution in [0, 0.1) is 0 Å². The van der Waals surface area contributed by atoms with E-state index in [2.05, 4.69) is 21.6 Å². The summed E-state index contributed by atoms with van der Waals surface area (Å²) < 4.78 is 7.41. The summed E-state index contributed by atoms with van der Waals surface area (Å²) in [6.45, 7) is 3.36. The highest BCUT2D eigenvalue weighted by Crippen LogP contribution is 2.28. The van der Waals surface area contributed by atoms with Gasteiger partial charge in [0.1, 0.15) is 0 Å². The zero-order valence-electron chi connectivity index (χ0n) is 10.1. The molecule has 94 valence electrons. The summed E-state index contributed by atoms with van der Waals surface area (Å²) >= 11 is 6.38. The third-order valence-electron chi connectivity index (χ3n) is 3.19. The maximum atomic E-state index is 6.38. The van der Waals surface area contributed by atoms with Gasteiger partial charge in [-0.1, -0.05) is 11.6 Å². The Kier molecular flexibility index (Phi) is 3.26. The molecule has 2 aromatic rings. The third kappa shape index (κ3) is 2.24. The van der Waals surface area contributed by atoms with Crippen LogP contribution >= 0.6 is 11.6 Å². The minimum absolute atomic E-state index is 0.773. The summed E-state index contributed by atoms with van der Waals surface area (Å²) in [5.74, 6) is 0. The first-order valence-corrected chi connectivity index (χ1v) is 6.48. The molecule has 0 bridgehead atoms. The van der Waals surface area contributed by atoms with Gasteiger partial charge in [0.2, 0.25) is 0 Å². The van der Waals surface area contributed by atoms with Crippen LogP contribution in [0.15, 0.2) is 42.7 Å². The standard InChI is InChI=1S/C14H15ClN2O/c15-13-11-12(16-5-1-2-6-16)3-4-14(13)17-7-9-18-10-8-17/h1-6,11H,7-10H2. The third-order valence-corrected chi connectivity index (χ3v) is 3.49. The summed E-state index contributed by atoms with van der Waals surface area (Å²) in [4.78, 5) is 2.27. The van der Waals surface area contributed by atoms with Crippen molar-refractivity contribution in [3.63, 3.8) is 0 Å². The van der Waals surface area contributed by atoms with E-state index in [1.807, 2.05) is 30.6 Å². The molecule has 18 heavy (non-hydrogen) atoms. The van der Waals surface area contributed by atoms with E-state index in [1.165, 1.54) is 0 Å². The number of nitrogens with zero attached hydrogens (tertiary/aromatic N) is 2. The second kappa shape index (κ2) is 5.04. The molecular formula is C14H15ClN2O. The Labute approximate surface area is 112 Å². The number of morpholine rings is 1. The highest BCUT2D eigenvalue weighted by Gasteiger charge is 2.14. The number of hydrogen-bond acceptors (Lipinski definition) is 2. The Morgan fingerprint density at radius 3 is 2.44 bits per heavy atom. The second-order valence-electron chi connectivity index (χ2n) is 4.33. The van der Waals surface area contributed by atoms with E-state index in [4.69, 9.17) is 16.3 Å². The van der Waals surface area contributed by atoms with E-state index in [0.717, 1.165) is 42.7 Å². The second-order valence-corrected chi connectivity index (χ2v) is 4.73. The van der Waals surface area contributed by atoms with Crippen molar-refractivity contribution < 1.29 is 4.74 Å². The fourth-order valence-corrected chi connectivity index (χ4v) is 2.52. The number of anilines is 1. The Bertz CT molecular complexity index is 519. The van der Waals surface area contributed by atoms with Crippen molar-refractivity contribution in [1.82, 2.24) is 4.57 Å². The molecule has 4 heteroatoms. The normalized spacial score (nSPS) is 15.9. The van der Waals surface area contributed by atoms with Gasteiger partial charge in [-0.25, -0.2) is 0 Å². The molecule has 2 heterocycles. The molecule has 1 saturated heterocycles. The topological polar surface area (TPSA) is 17.4 Å². The van der Waals surface area contributed by atoms with Gasteiger partial charge in [0.05, 0.1) is 23.9 Å². The fourth-order valence-electron chi connectivity index (χ4n) is 2.22. The quantitative estimate of drug-likeness (QED) is 0.828.